The van der Waals surface area contributed by atoms with Gasteiger partial charge < -0.3 is 20.1 Å². The summed E-state index contributed by atoms with van der Waals surface area (Å²) in [5, 5.41) is 5.33. The number of ether oxygens (including phenoxy) is 2. The molecule has 0 unspecified atom stereocenters. The van der Waals surface area contributed by atoms with Gasteiger partial charge in [-0.25, -0.2) is 4.39 Å². The molecule has 0 heterocycles. The lowest BCUT2D eigenvalue weighted by molar-refractivity contribution is -0.123. The number of hydrogen-bond acceptors (Lipinski definition) is 4. The molecule has 0 aliphatic carbocycles. The van der Waals surface area contributed by atoms with Gasteiger partial charge in [0.15, 0.2) is 18.2 Å². The van der Waals surface area contributed by atoms with E-state index in [1.165, 1.54) is 26.2 Å². The molecule has 2 amide bonds. The van der Waals surface area contributed by atoms with E-state index in [1.54, 1.807) is 30.3 Å². The number of anilines is 1. The molecular weight excluding hydrogens is 327 g/mol. The normalized spacial score (nSPS) is 10.0. The number of amides is 2. The van der Waals surface area contributed by atoms with E-state index in [-0.39, 0.29) is 30.7 Å². The molecular formula is C18H19FN2O4. The number of benzene rings is 2. The van der Waals surface area contributed by atoms with Crippen molar-refractivity contribution >= 4 is 17.5 Å². The van der Waals surface area contributed by atoms with E-state index in [4.69, 9.17) is 9.47 Å². The number of nitrogens with one attached hydrogen (secondary N) is 2. The minimum atomic E-state index is -0.523. The lowest BCUT2D eigenvalue weighted by Crippen LogP contribution is -2.28. The predicted molar refractivity (Wildman–Crippen MR) is 91.0 cm³/mol. The summed E-state index contributed by atoms with van der Waals surface area (Å²) in [7, 11) is 1.50. The maximum atomic E-state index is 13.4. The van der Waals surface area contributed by atoms with Crippen molar-refractivity contribution in [2.24, 2.45) is 0 Å². The van der Waals surface area contributed by atoms with E-state index in [1.807, 2.05) is 0 Å². The van der Waals surface area contributed by atoms with Crippen LogP contribution in [0.4, 0.5) is 10.1 Å². The van der Waals surface area contributed by atoms with E-state index in [2.05, 4.69) is 10.6 Å². The first-order valence-corrected chi connectivity index (χ1v) is 7.58. The monoisotopic (exact) mass is 346 g/mol. The standard InChI is InChI=1S/C18H19FN2O4/c1-12(22)21-15-9-13(7-8-17(15)24-2)10-20-18(23)11-25-16-6-4-3-5-14(16)19/h3-9H,10-11H2,1-2H3,(H,20,23)(H,21,22). The second kappa shape index (κ2) is 8.68. The molecule has 0 aliphatic heterocycles. The molecule has 0 bridgehead atoms. The third kappa shape index (κ3) is 5.49. The maximum absolute atomic E-state index is 13.4. The van der Waals surface area contributed by atoms with E-state index in [0.717, 1.165) is 5.56 Å². The topological polar surface area (TPSA) is 76.7 Å². The van der Waals surface area contributed by atoms with Crippen molar-refractivity contribution in [1.82, 2.24) is 5.32 Å². The molecule has 0 atom stereocenters. The minimum Gasteiger partial charge on any atom is -0.495 e. The molecule has 0 aliphatic rings. The number of methoxy groups -OCH3 is 1. The first-order valence-electron chi connectivity index (χ1n) is 7.58. The van der Waals surface area contributed by atoms with Crippen LogP contribution in [0.2, 0.25) is 0 Å². The molecule has 6 nitrogen and oxygen atoms in total. The van der Waals surface area contributed by atoms with Gasteiger partial charge in [0.25, 0.3) is 5.91 Å². The van der Waals surface area contributed by atoms with E-state index in [0.29, 0.717) is 11.4 Å². The van der Waals surface area contributed by atoms with Gasteiger partial charge in [-0.15, -0.1) is 0 Å². The van der Waals surface area contributed by atoms with Crippen LogP contribution in [0.15, 0.2) is 42.5 Å². The third-order valence-electron chi connectivity index (χ3n) is 3.26. The van der Waals surface area contributed by atoms with E-state index < -0.39 is 5.82 Å². The molecule has 2 N–H and O–H groups in total. The van der Waals surface area contributed by atoms with Gasteiger partial charge in [0.1, 0.15) is 5.75 Å². The quantitative estimate of drug-likeness (QED) is 0.808. The van der Waals surface area contributed by atoms with Crippen LogP contribution in [-0.4, -0.2) is 25.5 Å². The SMILES string of the molecule is COc1ccc(CNC(=O)COc2ccccc2F)cc1NC(C)=O. The van der Waals surface area contributed by atoms with Crippen molar-refractivity contribution in [2.75, 3.05) is 19.0 Å². The molecule has 2 aromatic rings. The van der Waals surface area contributed by atoms with Crippen LogP contribution >= 0.6 is 0 Å². The van der Waals surface area contributed by atoms with Gasteiger partial charge >= 0.3 is 0 Å². The number of halogens is 1. The van der Waals surface area contributed by atoms with Crippen molar-refractivity contribution in [1.29, 1.82) is 0 Å². The Balaban J connectivity index is 1.91. The summed E-state index contributed by atoms with van der Waals surface area (Å²) in [6, 6.07) is 11.0. The molecule has 0 saturated heterocycles. The Morgan fingerprint density at radius 3 is 2.56 bits per heavy atom. The second-order valence-electron chi connectivity index (χ2n) is 5.21. The fraction of sp³-hybridized carbons (Fsp3) is 0.222. The smallest absolute Gasteiger partial charge is 0.258 e. The van der Waals surface area contributed by atoms with Crippen LogP contribution < -0.4 is 20.1 Å². The summed E-state index contributed by atoms with van der Waals surface area (Å²) in [5.41, 5.74) is 1.29. The summed E-state index contributed by atoms with van der Waals surface area (Å²) in [5.74, 6) is -0.591. The summed E-state index contributed by atoms with van der Waals surface area (Å²) < 4.78 is 23.7. The van der Waals surface area contributed by atoms with Gasteiger partial charge in [-0.2, -0.15) is 0 Å². The average Bonchev–Trinajstić information content (AvgIpc) is 2.59. The van der Waals surface area contributed by atoms with Crippen molar-refractivity contribution in [3.8, 4) is 11.5 Å². The van der Waals surface area contributed by atoms with Crippen LogP contribution in [0.1, 0.15) is 12.5 Å². The average molecular weight is 346 g/mol. The molecule has 132 valence electrons. The fourth-order valence-electron chi connectivity index (χ4n) is 2.11. The Morgan fingerprint density at radius 2 is 1.88 bits per heavy atom. The van der Waals surface area contributed by atoms with Crippen LogP contribution in [0.25, 0.3) is 0 Å². The van der Waals surface area contributed by atoms with Crippen molar-refractivity contribution in [3.63, 3.8) is 0 Å². The number of carbonyl (C=O) groups excluding carboxylic acids is 2. The van der Waals surface area contributed by atoms with Crippen molar-refractivity contribution in [3.05, 3.63) is 53.8 Å². The van der Waals surface area contributed by atoms with E-state index in [9.17, 15) is 14.0 Å². The summed E-state index contributed by atoms with van der Waals surface area (Å²) in [6.45, 7) is 1.33. The van der Waals surface area contributed by atoms with Gasteiger partial charge in [-0.3, -0.25) is 9.59 Å². The molecule has 2 aromatic carbocycles. The number of hydrogen-bond donors (Lipinski definition) is 2. The molecule has 0 radical (unpaired) electrons. The Morgan fingerprint density at radius 1 is 1.12 bits per heavy atom. The number of para-hydroxylation sites is 1. The van der Waals surface area contributed by atoms with Gasteiger partial charge in [0.05, 0.1) is 12.8 Å². The highest BCUT2D eigenvalue weighted by atomic mass is 19.1. The van der Waals surface area contributed by atoms with E-state index >= 15 is 0 Å². The van der Waals surface area contributed by atoms with Crippen LogP contribution in [0.3, 0.4) is 0 Å². The highest BCUT2D eigenvalue weighted by Crippen LogP contribution is 2.25. The second-order valence-corrected chi connectivity index (χ2v) is 5.21. The van der Waals surface area contributed by atoms with Gasteiger partial charge in [-0.1, -0.05) is 18.2 Å². The lowest BCUT2D eigenvalue weighted by Gasteiger charge is -2.12. The number of carbonyl (C=O) groups is 2. The Labute approximate surface area is 144 Å². The summed E-state index contributed by atoms with van der Waals surface area (Å²) >= 11 is 0. The largest absolute Gasteiger partial charge is 0.495 e. The minimum absolute atomic E-state index is 0.0232. The molecule has 0 fully saturated rings. The lowest BCUT2D eigenvalue weighted by atomic mass is 10.2. The Hall–Kier alpha value is -3.09. The Bertz CT molecular complexity index is 764. The highest BCUT2D eigenvalue weighted by molar-refractivity contribution is 5.90. The fourth-order valence-corrected chi connectivity index (χ4v) is 2.11. The predicted octanol–water partition coefficient (Wildman–Crippen LogP) is 2.49. The molecule has 25 heavy (non-hydrogen) atoms. The third-order valence-corrected chi connectivity index (χ3v) is 3.26. The summed E-state index contributed by atoms with van der Waals surface area (Å²) in [6.07, 6.45) is 0. The van der Waals surface area contributed by atoms with Gasteiger partial charge in [0, 0.05) is 13.5 Å². The van der Waals surface area contributed by atoms with Crippen molar-refractivity contribution in [2.45, 2.75) is 13.5 Å². The first-order chi connectivity index (χ1) is 12.0. The van der Waals surface area contributed by atoms with Crippen LogP contribution in [-0.2, 0) is 16.1 Å². The van der Waals surface area contributed by atoms with Gasteiger partial charge in [-0.05, 0) is 29.8 Å². The maximum Gasteiger partial charge on any atom is 0.258 e. The zero-order valence-corrected chi connectivity index (χ0v) is 14.0. The molecule has 0 aromatic heterocycles. The number of rotatable bonds is 7. The molecule has 2 rings (SSSR count). The molecule has 7 heteroatoms. The zero-order valence-electron chi connectivity index (χ0n) is 14.0. The molecule has 0 saturated carbocycles. The zero-order chi connectivity index (χ0) is 18.2. The molecule has 0 spiro atoms. The van der Waals surface area contributed by atoms with Crippen molar-refractivity contribution < 1.29 is 23.5 Å². The highest BCUT2D eigenvalue weighted by Gasteiger charge is 2.09. The van der Waals surface area contributed by atoms with Gasteiger partial charge in [0.2, 0.25) is 5.91 Å². The van der Waals surface area contributed by atoms with Crippen LogP contribution in [0, 0.1) is 5.82 Å². The Kier molecular flexibility index (Phi) is 6.33. The summed E-state index contributed by atoms with van der Waals surface area (Å²) in [4.78, 5) is 23.1. The first kappa shape index (κ1) is 18.3. The van der Waals surface area contributed by atoms with Crippen LogP contribution in [0.5, 0.6) is 11.5 Å².